The molecule has 0 fully saturated rings. The van der Waals surface area contributed by atoms with E-state index in [4.69, 9.17) is 9.97 Å². The fourth-order valence-corrected chi connectivity index (χ4v) is 8.49. The van der Waals surface area contributed by atoms with E-state index in [1.165, 1.54) is 55.6 Å². The quantitative estimate of drug-likeness (QED) is 0.163. The predicted molar refractivity (Wildman–Crippen MR) is 238 cm³/mol. The van der Waals surface area contributed by atoms with Gasteiger partial charge in [0.05, 0.1) is 11.4 Å². The molecular weight excluding hydrogens is 689 g/mol. The molecule has 1 heterocycles. The fourth-order valence-electron chi connectivity index (χ4n) is 8.49. The summed E-state index contributed by atoms with van der Waals surface area (Å²) in [6, 6.07) is 73.9. The predicted octanol–water partition coefficient (Wildman–Crippen LogP) is 14.5. The summed E-state index contributed by atoms with van der Waals surface area (Å²) in [4.78, 5) is 10.2. The van der Waals surface area contributed by atoms with Gasteiger partial charge in [0, 0.05) is 22.1 Å². The highest BCUT2D eigenvalue weighted by atomic mass is 14.9. The van der Waals surface area contributed by atoms with Crippen LogP contribution in [0.25, 0.3) is 89.5 Å². The number of hydrogen-bond acceptors (Lipinski definition) is 2. The first-order chi connectivity index (χ1) is 28.0. The summed E-state index contributed by atoms with van der Waals surface area (Å²) >= 11 is 0. The van der Waals surface area contributed by atoms with Gasteiger partial charge in [-0.05, 0) is 97.1 Å². The van der Waals surface area contributed by atoms with Crippen LogP contribution in [0.1, 0.15) is 25.0 Å². The molecule has 0 N–H and O–H groups in total. The summed E-state index contributed by atoms with van der Waals surface area (Å²) in [5.74, 6) is 0.704. The van der Waals surface area contributed by atoms with Crippen LogP contribution in [-0.4, -0.2) is 9.97 Å². The Hall–Kier alpha value is -7.16. The van der Waals surface area contributed by atoms with Gasteiger partial charge in [0.25, 0.3) is 0 Å². The first-order valence-corrected chi connectivity index (χ1v) is 19.6. The Morgan fingerprint density at radius 2 is 0.737 bits per heavy atom. The Balaban J connectivity index is 1.09. The second-order valence-electron chi connectivity index (χ2n) is 15.4. The van der Waals surface area contributed by atoms with Crippen LogP contribution in [0.3, 0.4) is 0 Å². The molecule has 57 heavy (non-hydrogen) atoms. The van der Waals surface area contributed by atoms with Gasteiger partial charge >= 0.3 is 0 Å². The molecule has 0 saturated heterocycles. The molecule has 8 aromatic carbocycles. The molecule has 0 atom stereocenters. The minimum atomic E-state index is -0.116. The Labute approximate surface area is 334 Å². The molecule has 0 amide bonds. The molecule has 270 valence electrons. The molecule has 0 aliphatic heterocycles. The van der Waals surface area contributed by atoms with Crippen molar-refractivity contribution < 1.29 is 0 Å². The summed E-state index contributed by atoms with van der Waals surface area (Å²) in [6.45, 7) is 4.71. The summed E-state index contributed by atoms with van der Waals surface area (Å²) < 4.78 is 0. The number of aromatic nitrogens is 2. The van der Waals surface area contributed by atoms with Gasteiger partial charge in [0.15, 0.2) is 5.82 Å². The van der Waals surface area contributed by atoms with Crippen LogP contribution in [-0.2, 0) is 5.41 Å². The molecule has 0 saturated carbocycles. The third-order valence-electron chi connectivity index (χ3n) is 11.5. The number of hydrogen-bond donors (Lipinski definition) is 0. The smallest absolute Gasteiger partial charge is 0.160 e. The van der Waals surface area contributed by atoms with Crippen LogP contribution in [0.15, 0.2) is 206 Å². The van der Waals surface area contributed by atoms with Crippen molar-refractivity contribution in [1.82, 2.24) is 9.97 Å². The zero-order valence-corrected chi connectivity index (χ0v) is 32.0. The normalized spacial score (nSPS) is 12.5. The van der Waals surface area contributed by atoms with Crippen molar-refractivity contribution in [2.75, 3.05) is 0 Å². The molecule has 0 bridgehead atoms. The molecule has 10 rings (SSSR count). The minimum absolute atomic E-state index is 0.116. The van der Waals surface area contributed by atoms with E-state index in [9.17, 15) is 0 Å². The molecular formula is C55H40N2. The lowest BCUT2D eigenvalue weighted by atomic mass is 9.80. The van der Waals surface area contributed by atoms with Crippen LogP contribution >= 0.6 is 0 Å². The second-order valence-corrected chi connectivity index (χ2v) is 15.4. The van der Waals surface area contributed by atoms with Gasteiger partial charge in [-0.2, -0.15) is 0 Å². The Morgan fingerprint density at radius 3 is 1.37 bits per heavy atom. The first-order valence-electron chi connectivity index (χ1n) is 19.6. The van der Waals surface area contributed by atoms with E-state index in [0.29, 0.717) is 5.82 Å². The van der Waals surface area contributed by atoms with E-state index >= 15 is 0 Å². The Kier molecular flexibility index (Phi) is 8.53. The average Bonchev–Trinajstić information content (AvgIpc) is 3.51. The highest BCUT2D eigenvalue weighted by Gasteiger charge is 2.36. The standard InChI is InChI=1S/C55H40N2/c1-55(2)50-27-13-12-26-46(50)49-34-47(39-30-28-38(29-31-39)37-16-6-3-7-17-37)48(35-51(49)55)44-24-14-22-42(32-44)43-23-15-25-45(33-43)54-56-52(40-18-8-4-9-19-40)36-53(57-54)41-20-10-5-11-21-41/h3-36H,1-2H3. The van der Waals surface area contributed by atoms with Crippen LogP contribution in [0, 0.1) is 0 Å². The maximum atomic E-state index is 5.12. The van der Waals surface area contributed by atoms with E-state index in [1.54, 1.807) is 0 Å². The minimum Gasteiger partial charge on any atom is -0.228 e. The van der Waals surface area contributed by atoms with Crippen molar-refractivity contribution in [2.45, 2.75) is 19.3 Å². The Bertz CT molecular complexity index is 2840. The van der Waals surface area contributed by atoms with Gasteiger partial charge in [0.2, 0.25) is 0 Å². The molecule has 9 aromatic rings. The lowest BCUT2D eigenvalue weighted by Crippen LogP contribution is -2.15. The highest BCUT2D eigenvalue weighted by Crippen LogP contribution is 2.52. The fraction of sp³-hybridized carbons (Fsp3) is 0.0545. The molecule has 1 aliphatic rings. The number of rotatable bonds is 7. The maximum absolute atomic E-state index is 5.12. The van der Waals surface area contributed by atoms with Crippen LogP contribution < -0.4 is 0 Å². The third-order valence-corrected chi connectivity index (χ3v) is 11.5. The lowest BCUT2D eigenvalue weighted by molar-refractivity contribution is 0.660. The summed E-state index contributed by atoms with van der Waals surface area (Å²) in [7, 11) is 0. The second kappa shape index (κ2) is 14.2. The van der Waals surface area contributed by atoms with Crippen molar-refractivity contribution in [3.05, 3.63) is 217 Å². The van der Waals surface area contributed by atoms with E-state index in [0.717, 1.165) is 39.2 Å². The molecule has 2 heteroatoms. The van der Waals surface area contributed by atoms with Gasteiger partial charge in [-0.25, -0.2) is 9.97 Å². The van der Waals surface area contributed by atoms with Crippen molar-refractivity contribution in [1.29, 1.82) is 0 Å². The molecule has 0 spiro atoms. The SMILES string of the molecule is CC1(C)c2ccccc2-c2cc(-c3ccc(-c4ccccc4)cc3)c(-c3cccc(-c4cccc(-c5nc(-c6ccccc6)cc(-c6ccccc6)n5)c4)c3)cc21. The van der Waals surface area contributed by atoms with E-state index in [-0.39, 0.29) is 5.41 Å². The average molecular weight is 729 g/mol. The molecule has 0 radical (unpaired) electrons. The van der Waals surface area contributed by atoms with E-state index in [2.05, 4.69) is 208 Å². The third kappa shape index (κ3) is 6.36. The van der Waals surface area contributed by atoms with Gasteiger partial charge in [0.1, 0.15) is 0 Å². The summed E-state index contributed by atoms with van der Waals surface area (Å²) in [6.07, 6.45) is 0. The van der Waals surface area contributed by atoms with Crippen molar-refractivity contribution >= 4 is 0 Å². The van der Waals surface area contributed by atoms with Gasteiger partial charge in [-0.3, -0.25) is 0 Å². The topological polar surface area (TPSA) is 25.8 Å². The van der Waals surface area contributed by atoms with Gasteiger partial charge in [-0.1, -0.05) is 190 Å². The highest BCUT2D eigenvalue weighted by molar-refractivity contribution is 5.93. The number of fused-ring (bicyclic) bond motifs is 3. The molecule has 2 nitrogen and oxygen atoms in total. The first kappa shape index (κ1) is 34.3. The number of nitrogens with zero attached hydrogens (tertiary/aromatic N) is 2. The zero-order valence-electron chi connectivity index (χ0n) is 32.0. The van der Waals surface area contributed by atoms with Crippen molar-refractivity contribution in [2.24, 2.45) is 0 Å². The van der Waals surface area contributed by atoms with E-state index < -0.39 is 0 Å². The summed E-state index contributed by atoms with van der Waals surface area (Å²) in [5, 5.41) is 0. The maximum Gasteiger partial charge on any atom is 0.160 e. The Morgan fingerprint density at radius 1 is 0.281 bits per heavy atom. The van der Waals surface area contributed by atoms with E-state index in [1.807, 2.05) is 12.1 Å². The van der Waals surface area contributed by atoms with Crippen LogP contribution in [0.2, 0.25) is 0 Å². The zero-order chi connectivity index (χ0) is 38.3. The number of benzene rings is 8. The molecule has 1 aliphatic carbocycles. The monoisotopic (exact) mass is 728 g/mol. The largest absolute Gasteiger partial charge is 0.228 e. The van der Waals surface area contributed by atoms with Gasteiger partial charge < -0.3 is 0 Å². The van der Waals surface area contributed by atoms with Crippen molar-refractivity contribution in [3.63, 3.8) is 0 Å². The van der Waals surface area contributed by atoms with Crippen molar-refractivity contribution in [3.8, 4) is 89.5 Å². The molecule has 1 aromatic heterocycles. The molecule has 0 unspecified atom stereocenters. The summed E-state index contributed by atoms with van der Waals surface area (Å²) in [5.41, 5.74) is 19.7. The van der Waals surface area contributed by atoms with Gasteiger partial charge in [-0.15, -0.1) is 0 Å². The van der Waals surface area contributed by atoms with Crippen LogP contribution in [0.5, 0.6) is 0 Å². The van der Waals surface area contributed by atoms with Crippen LogP contribution in [0.4, 0.5) is 0 Å². The lowest BCUT2D eigenvalue weighted by Gasteiger charge is -2.23.